The van der Waals surface area contributed by atoms with E-state index in [1.54, 1.807) is 12.1 Å². The van der Waals surface area contributed by atoms with Crippen LogP contribution in [0.1, 0.15) is 60.9 Å². The van der Waals surface area contributed by atoms with Gasteiger partial charge in [-0.15, -0.1) is 0 Å². The number of ketones is 1. The Balaban J connectivity index is 1.12. The Morgan fingerprint density at radius 3 is 2.26 bits per heavy atom. The average molecular weight is 461 g/mol. The quantitative estimate of drug-likeness (QED) is 0.496. The van der Waals surface area contributed by atoms with Gasteiger partial charge in [-0.05, 0) is 107 Å². The van der Waals surface area contributed by atoms with Crippen molar-refractivity contribution < 1.29 is 14.0 Å². The van der Waals surface area contributed by atoms with Crippen LogP contribution >= 0.6 is 0 Å². The molecule has 5 heteroatoms. The number of likely N-dealkylation sites (tertiary alicyclic amines) is 1. The molecule has 1 aliphatic carbocycles. The zero-order valence-electron chi connectivity index (χ0n) is 19.6. The number of hydrogen-bond acceptors (Lipinski definition) is 3. The van der Waals surface area contributed by atoms with Gasteiger partial charge in [0.05, 0.1) is 0 Å². The van der Waals surface area contributed by atoms with E-state index < -0.39 is 0 Å². The van der Waals surface area contributed by atoms with Crippen molar-refractivity contribution in [3.63, 3.8) is 0 Å². The topological polar surface area (TPSA) is 49.4 Å². The molecule has 0 aromatic heterocycles. The molecule has 4 rings (SSSR count). The minimum atomic E-state index is -0.306. The first-order valence-electron chi connectivity index (χ1n) is 12.5. The molecule has 2 aromatic rings. The van der Waals surface area contributed by atoms with Gasteiger partial charge in [0.25, 0.3) is 5.91 Å². The van der Waals surface area contributed by atoms with Crippen LogP contribution in [0.3, 0.4) is 0 Å². The van der Waals surface area contributed by atoms with Gasteiger partial charge in [0.2, 0.25) is 0 Å². The lowest BCUT2D eigenvalue weighted by atomic mass is 9.83. The lowest BCUT2D eigenvalue weighted by molar-refractivity contribution is -0.116. The number of benzene rings is 2. The van der Waals surface area contributed by atoms with E-state index in [2.05, 4.69) is 22.1 Å². The fraction of sp³-hybridized carbons (Fsp3) is 0.448. The summed E-state index contributed by atoms with van der Waals surface area (Å²) >= 11 is 0. The smallest absolute Gasteiger partial charge is 0.296 e. The Morgan fingerprint density at radius 1 is 0.912 bits per heavy atom. The van der Waals surface area contributed by atoms with Crippen LogP contribution in [-0.2, 0) is 4.79 Å². The number of carbonyl (C=O) groups excluding carboxylic acids is 2. The third kappa shape index (κ3) is 7.01. The molecule has 2 aromatic carbocycles. The lowest BCUT2D eigenvalue weighted by Gasteiger charge is -2.34. The zero-order chi connectivity index (χ0) is 23.8. The van der Waals surface area contributed by atoms with E-state index in [-0.39, 0.29) is 29.5 Å². The molecule has 2 fully saturated rings. The summed E-state index contributed by atoms with van der Waals surface area (Å²) < 4.78 is 13.1. The number of nitrogens with zero attached hydrogens (tertiary/aromatic N) is 1. The maximum atomic E-state index is 13.1. The van der Waals surface area contributed by atoms with Crippen molar-refractivity contribution in [1.29, 1.82) is 0 Å². The van der Waals surface area contributed by atoms with E-state index in [4.69, 9.17) is 0 Å². The number of halogens is 1. The molecule has 1 saturated carbocycles. The lowest BCUT2D eigenvalue weighted by Crippen LogP contribution is -2.39. The van der Waals surface area contributed by atoms with Gasteiger partial charge in [-0.1, -0.05) is 24.1 Å². The van der Waals surface area contributed by atoms with Crippen LogP contribution in [0.4, 0.5) is 4.39 Å². The van der Waals surface area contributed by atoms with Crippen LogP contribution in [0.5, 0.6) is 0 Å². The van der Waals surface area contributed by atoms with E-state index in [0.717, 1.165) is 63.7 Å². The fourth-order valence-corrected chi connectivity index (χ4v) is 5.10. The highest BCUT2D eigenvalue weighted by Crippen LogP contribution is 2.28. The van der Waals surface area contributed by atoms with Crippen molar-refractivity contribution in [1.82, 2.24) is 10.2 Å². The first kappa shape index (κ1) is 24.2. The summed E-state index contributed by atoms with van der Waals surface area (Å²) in [5.41, 5.74) is 1.47. The number of Topliss-reactive ketones (excluding diaryl/α,β-unsaturated/α-hetero) is 1. The summed E-state index contributed by atoms with van der Waals surface area (Å²) in [4.78, 5) is 27.3. The Bertz CT molecular complexity index is 1010. The highest BCUT2D eigenvalue weighted by molar-refractivity contribution is 5.97. The van der Waals surface area contributed by atoms with Crippen LogP contribution in [0.2, 0.25) is 0 Å². The summed E-state index contributed by atoms with van der Waals surface area (Å²) in [6.45, 7) is 2.97. The predicted molar refractivity (Wildman–Crippen MR) is 132 cm³/mol. The molecule has 1 heterocycles. The van der Waals surface area contributed by atoms with E-state index in [1.165, 1.54) is 18.6 Å². The number of piperidine rings is 1. The first-order valence-corrected chi connectivity index (χ1v) is 12.5. The molecular weight excluding hydrogens is 427 g/mol. The maximum absolute atomic E-state index is 13.1. The number of nitrogens with one attached hydrogen (secondary N) is 1. The highest BCUT2D eigenvalue weighted by atomic mass is 19.1. The molecule has 2 aliphatic rings. The second kappa shape index (κ2) is 11.9. The van der Waals surface area contributed by atoms with Gasteiger partial charge in [-0.25, -0.2) is 4.39 Å². The summed E-state index contributed by atoms with van der Waals surface area (Å²) in [5, 5.41) is 3.07. The van der Waals surface area contributed by atoms with Crippen molar-refractivity contribution >= 4 is 11.7 Å². The van der Waals surface area contributed by atoms with E-state index in [1.807, 2.05) is 30.3 Å². The monoisotopic (exact) mass is 460 g/mol. The molecule has 0 spiro atoms. The second-order valence-corrected chi connectivity index (χ2v) is 9.58. The molecule has 1 N–H and O–H groups in total. The van der Waals surface area contributed by atoms with Crippen LogP contribution in [0.25, 0.3) is 0 Å². The number of hydrogen-bond donors (Lipinski definition) is 1. The third-order valence-corrected chi connectivity index (χ3v) is 7.22. The van der Waals surface area contributed by atoms with Crippen molar-refractivity contribution in [2.75, 3.05) is 19.6 Å². The minimum Gasteiger partial charge on any atom is -0.343 e. The Hall–Kier alpha value is -2.97. The van der Waals surface area contributed by atoms with Crippen LogP contribution < -0.4 is 5.32 Å². The second-order valence-electron chi connectivity index (χ2n) is 9.58. The number of carbonyl (C=O) groups is 2. The normalized spacial score (nSPS) is 21.3. The average Bonchev–Trinajstić information content (AvgIpc) is 2.88. The van der Waals surface area contributed by atoms with E-state index >= 15 is 0 Å². The van der Waals surface area contributed by atoms with Crippen molar-refractivity contribution in [3.05, 3.63) is 71.5 Å². The van der Waals surface area contributed by atoms with Gasteiger partial charge in [-0.2, -0.15) is 0 Å². The molecule has 4 nitrogen and oxygen atoms in total. The van der Waals surface area contributed by atoms with Crippen LogP contribution in [-0.4, -0.2) is 42.3 Å². The highest BCUT2D eigenvalue weighted by Gasteiger charge is 2.27. The van der Waals surface area contributed by atoms with Crippen molar-refractivity contribution in [3.8, 4) is 11.8 Å². The SMILES string of the molecule is O=C(C#Cc1ccccc1)NC1CCC(CCN2CCC(C(=O)c3ccc(F)cc3)CC2)CC1. The van der Waals surface area contributed by atoms with Crippen LogP contribution in [0.15, 0.2) is 54.6 Å². The van der Waals surface area contributed by atoms with Gasteiger partial charge < -0.3 is 10.2 Å². The molecule has 1 aliphatic heterocycles. The largest absolute Gasteiger partial charge is 0.343 e. The van der Waals surface area contributed by atoms with E-state index in [0.29, 0.717) is 11.5 Å². The summed E-state index contributed by atoms with van der Waals surface area (Å²) in [5.74, 6) is 6.01. The maximum Gasteiger partial charge on any atom is 0.296 e. The molecule has 0 unspecified atom stereocenters. The summed E-state index contributed by atoms with van der Waals surface area (Å²) in [6, 6.07) is 15.7. The summed E-state index contributed by atoms with van der Waals surface area (Å²) in [6.07, 6.45) is 7.21. The van der Waals surface area contributed by atoms with Crippen LogP contribution in [0, 0.1) is 29.5 Å². The fourth-order valence-electron chi connectivity index (χ4n) is 5.10. The number of amides is 1. The predicted octanol–water partition coefficient (Wildman–Crippen LogP) is 4.84. The Kier molecular flexibility index (Phi) is 8.49. The van der Waals surface area contributed by atoms with Crippen molar-refractivity contribution in [2.45, 2.75) is 51.0 Å². The minimum absolute atomic E-state index is 0.0470. The molecule has 1 amide bonds. The Labute approximate surface area is 201 Å². The third-order valence-electron chi connectivity index (χ3n) is 7.22. The Morgan fingerprint density at radius 2 is 1.59 bits per heavy atom. The molecule has 34 heavy (non-hydrogen) atoms. The molecule has 178 valence electrons. The van der Waals surface area contributed by atoms with Gasteiger partial charge in [0.15, 0.2) is 5.78 Å². The van der Waals surface area contributed by atoms with Gasteiger partial charge >= 0.3 is 0 Å². The molecule has 0 atom stereocenters. The number of rotatable bonds is 6. The summed E-state index contributed by atoms with van der Waals surface area (Å²) in [7, 11) is 0. The van der Waals surface area contributed by atoms with Crippen molar-refractivity contribution in [2.24, 2.45) is 11.8 Å². The molecular formula is C29H33FN2O2. The zero-order valence-corrected chi connectivity index (χ0v) is 19.6. The van der Waals surface area contributed by atoms with Gasteiger partial charge in [0.1, 0.15) is 5.82 Å². The first-order chi connectivity index (χ1) is 16.6. The molecule has 0 radical (unpaired) electrons. The molecule has 1 saturated heterocycles. The van der Waals surface area contributed by atoms with Gasteiger partial charge in [0, 0.05) is 29.0 Å². The molecule has 0 bridgehead atoms. The van der Waals surface area contributed by atoms with Gasteiger partial charge in [-0.3, -0.25) is 9.59 Å². The standard InChI is InChI=1S/C29H33FN2O2/c30-26-11-9-24(10-12-26)29(34)25-17-20-32(21-18-25)19-16-23-6-13-27(14-7-23)31-28(33)15-8-22-4-2-1-3-5-22/h1-5,9-12,23,25,27H,6-7,13-14,16-21H2,(H,31,33). The van der Waals surface area contributed by atoms with E-state index in [9.17, 15) is 14.0 Å².